The molecule has 0 aliphatic heterocycles. The van der Waals surface area contributed by atoms with E-state index in [0.717, 1.165) is 5.56 Å². The number of carbonyl (C=O) groups excluding carboxylic acids is 2. The lowest BCUT2D eigenvalue weighted by molar-refractivity contribution is -0.141. The molecular weight excluding hydrogens is 459 g/mol. The van der Waals surface area contributed by atoms with Gasteiger partial charge in [0.1, 0.15) is 11.8 Å². The Hall–Kier alpha value is -1.95. The summed E-state index contributed by atoms with van der Waals surface area (Å²) in [5, 5.41) is 4.42. The number of ether oxygens (including phenoxy) is 1. The number of likely N-dealkylation sites (N-methyl/N-ethyl adjacent to an activating group) is 1. The van der Waals surface area contributed by atoms with Gasteiger partial charge in [-0.2, -0.15) is 0 Å². The summed E-state index contributed by atoms with van der Waals surface area (Å²) in [7, 11) is 0. The third-order valence-corrected chi connectivity index (χ3v) is 5.55. The molecule has 0 saturated heterocycles. The summed E-state index contributed by atoms with van der Waals surface area (Å²) >= 11 is 18.2. The van der Waals surface area contributed by atoms with Crippen LogP contribution >= 0.6 is 34.8 Å². The predicted octanol–water partition coefficient (Wildman–Crippen LogP) is 5.75. The first-order valence-electron chi connectivity index (χ1n) is 10.2. The molecule has 2 amide bonds. The van der Waals surface area contributed by atoms with Gasteiger partial charge in [-0.1, -0.05) is 47.8 Å². The van der Waals surface area contributed by atoms with Crippen molar-refractivity contribution in [1.29, 1.82) is 0 Å². The monoisotopic (exact) mass is 484 g/mol. The minimum absolute atomic E-state index is 0.135. The number of carbonyl (C=O) groups is 2. The van der Waals surface area contributed by atoms with E-state index in [2.05, 4.69) is 5.32 Å². The quantitative estimate of drug-likeness (QED) is 0.412. The lowest BCUT2D eigenvalue weighted by Crippen LogP contribution is -2.49. The Morgan fingerprint density at radius 2 is 1.71 bits per heavy atom. The molecule has 5 nitrogen and oxygen atoms in total. The highest BCUT2D eigenvalue weighted by molar-refractivity contribution is 6.35. The first-order valence-corrected chi connectivity index (χ1v) is 11.4. The summed E-state index contributed by atoms with van der Waals surface area (Å²) in [6.07, 6.45) is 1.25. The van der Waals surface area contributed by atoms with Gasteiger partial charge in [-0.15, -0.1) is 0 Å². The van der Waals surface area contributed by atoms with Gasteiger partial charge < -0.3 is 15.0 Å². The van der Waals surface area contributed by atoms with Crippen LogP contribution in [-0.4, -0.2) is 35.9 Å². The van der Waals surface area contributed by atoms with Crippen LogP contribution in [0.25, 0.3) is 0 Å². The molecule has 0 unspecified atom stereocenters. The molecule has 2 aromatic carbocycles. The minimum atomic E-state index is -0.587. The van der Waals surface area contributed by atoms with E-state index < -0.39 is 6.04 Å². The van der Waals surface area contributed by atoms with Crippen molar-refractivity contribution in [2.75, 3.05) is 13.2 Å². The van der Waals surface area contributed by atoms with Crippen molar-refractivity contribution in [3.63, 3.8) is 0 Å². The third-order valence-electron chi connectivity index (χ3n) is 4.71. The third kappa shape index (κ3) is 7.91. The van der Waals surface area contributed by atoms with E-state index in [9.17, 15) is 9.59 Å². The van der Waals surface area contributed by atoms with Crippen molar-refractivity contribution in [2.45, 2.75) is 45.7 Å². The smallest absolute Gasteiger partial charge is 0.242 e. The van der Waals surface area contributed by atoms with E-state index >= 15 is 0 Å². The average molecular weight is 486 g/mol. The molecule has 0 heterocycles. The lowest BCUT2D eigenvalue weighted by atomic mass is 10.1. The molecule has 2 rings (SSSR count). The fraction of sp³-hybridized carbons (Fsp3) is 0.391. The van der Waals surface area contributed by atoms with Crippen molar-refractivity contribution in [3.8, 4) is 5.75 Å². The van der Waals surface area contributed by atoms with Crippen molar-refractivity contribution in [1.82, 2.24) is 10.2 Å². The standard InChI is InChI=1S/C23H27Cl3N2O3/c1-3-21(23(30)27-4-2)28(15-16-7-8-18(25)14-20(16)26)22(29)6-5-13-31-19-11-9-17(24)10-12-19/h7-12,14,21H,3-6,13,15H2,1-2H3,(H,27,30)/t21-/m1/s1. The van der Waals surface area contributed by atoms with Crippen LogP contribution in [0.15, 0.2) is 42.5 Å². The number of amides is 2. The second-order valence-electron chi connectivity index (χ2n) is 6.98. The van der Waals surface area contributed by atoms with Crippen LogP contribution in [0, 0.1) is 0 Å². The second kappa shape index (κ2) is 12.8. The molecule has 0 aliphatic rings. The number of hydrogen-bond acceptors (Lipinski definition) is 3. The van der Waals surface area contributed by atoms with E-state index in [1.165, 1.54) is 0 Å². The summed E-state index contributed by atoms with van der Waals surface area (Å²) in [6, 6.07) is 11.6. The molecule has 0 aliphatic carbocycles. The Morgan fingerprint density at radius 1 is 1.03 bits per heavy atom. The normalized spacial score (nSPS) is 11.6. The summed E-state index contributed by atoms with van der Waals surface area (Å²) < 4.78 is 5.67. The van der Waals surface area contributed by atoms with Crippen LogP contribution < -0.4 is 10.1 Å². The first kappa shape index (κ1) is 25.3. The maximum Gasteiger partial charge on any atom is 0.242 e. The van der Waals surface area contributed by atoms with Crippen LogP contribution in [0.4, 0.5) is 0 Å². The molecule has 31 heavy (non-hydrogen) atoms. The van der Waals surface area contributed by atoms with Crippen LogP contribution in [0.5, 0.6) is 5.75 Å². The molecule has 0 bridgehead atoms. The summed E-state index contributed by atoms with van der Waals surface area (Å²) in [4.78, 5) is 27.3. The fourth-order valence-electron chi connectivity index (χ4n) is 3.13. The Bertz CT molecular complexity index is 875. The van der Waals surface area contributed by atoms with E-state index in [1.807, 2.05) is 13.8 Å². The van der Waals surface area contributed by atoms with Gasteiger partial charge in [0.05, 0.1) is 6.61 Å². The fourth-order valence-corrected chi connectivity index (χ4v) is 3.73. The molecule has 0 aromatic heterocycles. The van der Waals surface area contributed by atoms with E-state index in [-0.39, 0.29) is 24.8 Å². The van der Waals surface area contributed by atoms with E-state index in [0.29, 0.717) is 46.8 Å². The van der Waals surface area contributed by atoms with Gasteiger partial charge in [0.2, 0.25) is 11.8 Å². The Morgan fingerprint density at radius 3 is 2.32 bits per heavy atom. The lowest BCUT2D eigenvalue weighted by Gasteiger charge is -2.31. The topological polar surface area (TPSA) is 58.6 Å². The van der Waals surface area contributed by atoms with Crippen molar-refractivity contribution >= 4 is 46.6 Å². The molecule has 8 heteroatoms. The van der Waals surface area contributed by atoms with Crippen LogP contribution in [0.1, 0.15) is 38.7 Å². The highest BCUT2D eigenvalue weighted by Crippen LogP contribution is 2.24. The number of halogens is 3. The highest BCUT2D eigenvalue weighted by Gasteiger charge is 2.28. The zero-order valence-electron chi connectivity index (χ0n) is 17.7. The van der Waals surface area contributed by atoms with Crippen LogP contribution in [0.2, 0.25) is 15.1 Å². The largest absolute Gasteiger partial charge is 0.494 e. The number of nitrogens with zero attached hydrogens (tertiary/aromatic N) is 1. The maximum absolute atomic E-state index is 13.1. The van der Waals surface area contributed by atoms with Crippen LogP contribution in [0.3, 0.4) is 0 Å². The number of nitrogens with one attached hydrogen (secondary N) is 1. The average Bonchev–Trinajstić information content (AvgIpc) is 2.74. The summed E-state index contributed by atoms with van der Waals surface area (Å²) in [5.74, 6) is 0.375. The highest BCUT2D eigenvalue weighted by atomic mass is 35.5. The Labute approximate surface area is 198 Å². The predicted molar refractivity (Wildman–Crippen MR) is 126 cm³/mol. The minimum Gasteiger partial charge on any atom is -0.494 e. The Balaban J connectivity index is 2.07. The molecule has 1 atom stereocenters. The molecule has 0 radical (unpaired) electrons. The number of hydrogen-bond donors (Lipinski definition) is 1. The molecule has 0 spiro atoms. The summed E-state index contributed by atoms with van der Waals surface area (Å²) in [5.41, 5.74) is 0.736. The first-order chi connectivity index (χ1) is 14.8. The molecule has 1 N–H and O–H groups in total. The van der Waals surface area contributed by atoms with Gasteiger partial charge in [0.25, 0.3) is 0 Å². The van der Waals surface area contributed by atoms with Gasteiger partial charge in [0, 0.05) is 34.6 Å². The van der Waals surface area contributed by atoms with Crippen molar-refractivity contribution < 1.29 is 14.3 Å². The van der Waals surface area contributed by atoms with Gasteiger partial charge in [-0.25, -0.2) is 0 Å². The zero-order valence-corrected chi connectivity index (χ0v) is 19.9. The van der Waals surface area contributed by atoms with Gasteiger partial charge in [-0.3, -0.25) is 9.59 Å². The molecule has 2 aromatic rings. The number of benzene rings is 2. The molecule has 0 fully saturated rings. The number of rotatable bonds is 11. The Kier molecular flexibility index (Phi) is 10.4. The molecule has 0 saturated carbocycles. The summed E-state index contributed by atoms with van der Waals surface area (Å²) in [6.45, 7) is 4.83. The second-order valence-corrected chi connectivity index (χ2v) is 8.26. The van der Waals surface area contributed by atoms with Gasteiger partial charge in [0.15, 0.2) is 0 Å². The van der Waals surface area contributed by atoms with Gasteiger partial charge in [-0.05, 0) is 61.7 Å². The van der Waals surface area contributed by atoms with Gasteiger partial charge >= 0.3 is 0 Å². The van der Waals surface area contributed by atoms with E-state index in [4.69, 9.17) is 39.5 Å². The van der Waals surface area contributed by atoms with E-state index in [1.54, 1.807) is 47.4 Å². The van der Waals surface area contributed by atoms with Crippen molar-refractivity contribution in [2.24, 2.45) is 0 Å². The van der Waals surface area contributed by atoms with Crippen molar-refractivity contribution in [3.05, 3.63) is 63.1 Å². The van der Waals surface area contributed by atoms with Crippen LogP contribution in [-0.2, 0) is 16.1 Å². The molecular formula is C23H27Cl3N2O3. The SMILES string of the molecule is CCNC(=O)[C@@H](CC)N(Cc1ccc(Cl)cc1Cl)C(=O)CCCOc1ccc(Cl)cc1. The molecule has 168 valence electrons. The maximum atomic E-state index is 13.1. The zero-order chi connectivity index (χ0) is 22.8.